The normalized spacial score (nSPS) is 10.0. The van der Waals surface area contributed by atoms with Crippen LogP contribution < -0.4 is 24.8 Å². The van der Waals surface area contributed by atoms with Crippen LogP contribution in [0.2, 0.25) is 0 Å². The summed E-state index contributed by atoms with van der Waals surface area (Å²) < 4.78 is 0. The molecule has 37 heavy (non-hydrogen) atoms. The van der Waals surface area contributed by atoms with Gasteiger partial charge in [-0.1, -0.05) is 118 Å². The van der Waals surface area contributed by atoms with E-state index in [-0.39, 0.29) is 51.0 Å². The molecule has 0 aliphatic carbocycles. The molecule has 0 aromatic heterocycles. The van der Waals surface area contributed by atoms with E-state index in [9.17, 15) is 0 Å². The van der Waals surface area contributed by atoms with Gasteiger partial charge in [0.15, 0.2) is 0 Å². The monoisotopic (exact) mass is 598 g/mol. The van der Waals surface area contributed by atoms with E-state index in [0.29, 0.717) is 0 Å². The number of benzene rings is 4. The Morgan fingerprint density at radius 2 is 0.838 bits per heavy atom. The predicted octanol–water partition coefficient (Wildman–Crippen LogP) is 3.58. The topological polar surface area (TPSA) is 0 Å². The van der Waals surface area contributed by atoms with Gasteiger partial charge in [0.1, 0.15) is 0 Å². The first-order chi connectivity index (χ1) is 16.8. The third-order valence-corrected chi connectivity index (χ3v) is 6.61. The Morgan fingerprint density at radius 3 is 1.19 bits per heavy atom. The third-order valence-electron chi connectivity index (χ3n) is 6.61. The van der Waals surface area contributed by atoms with Crippen molar-refractivity contribution in [2.75, 3.05) is 0 Å². The summed E-state index contributed by atoms with van der Waals surface area (Å²) in [5, 5.41) is 5.36. The maximum atomic E-state index is 2.32. The van der Waals surface area contributed by atoms with Gasteiger partial charge >= 0.3 is 26.2 Å². The molecule has 0 saturated heterocycles. The van der Waals surface area contributed by atoms with Gasteiger partial charge in [-0.25, -0.2) is 0 Å². The molecule has 0 spiro atoms. The first-order valence-electron chi connectivity index (χ1n) is 12.2. The average Bonchev–Trinajstić information content (AvgIpc) is 3.63. The Kier molecular flexibility index (Phi) is 12.1. The molecule has 0 bridgehead atoms. The minimum absolute atomic E-state index is 0. The molecule has 184 valence electrons. The summed E-state index contributed by atoms with van der Waals surface area (Å²) in [6.07, 6.45) is 2.16. The number of rotatable bonds is 4. The standard InChI is InChI=1S/2C17H15.2ClH.Zr/c2*1-2-13-11-15-9-5-6-10-16(15)17(12-13)14-7-3-4-8-14;;;/h2*3-12H,2H2,1H3;2*1H;/q2*-1;;;+4/p-2. The SMILES string of the molecule is CCc1cc(-[c-]2cccc2)c2ccccc2c1.CCc1cc(-[c-]2cccc2)c2ccccc2c1.[Cl-].[Cl-].[Zr+4]. The number of hydrogen-bond donors (Lipinski definition) is 0. The minimum Gasteiger partial charge on any atom is -1.00 e. The van der Waals surface area contributed by atoms with Gasteiger partial charge in [0.25, 0.3) is 0 Å². The smallest absolute Gasteiger partial charge is 1.00 e. The van der Waals surface area contributed by atoms with Crippen LogP contribution in [0, 0.1) is 0 Å². The fraction of sp³-hybridized carbons (Fsp3) is 0.118. The van der Waals surface area contributed by atoms with Crippen LogP contribution in [-0.2, 0) is 39.0 Å². The molecule has 3 heteroatoms. The molecule has 0 atom stereocenters. The van der Waals surface area contributed by atoms with Crippen LogP contribution in [-0.4, -0.2) is 0 Å². The fourth-order valence-electron chi connectivity index (χ4n) is 4.74. The molecule has 0 aliphatic heterocycles. The van der Waals surface area contributed by atoms with Crippen molar-refractivity contribution in [1.82, 2.24) is 0 Å². The van der Waals surface area contributed by atoms with E-state index in [1.807, 2.05) is 0 Å². The molecule has 0 fully saturated rings. The van der Waals surface area contributed by atoms with Crippen LogP contribution >= 0.6 is 0 Å². The van der Waals surface area contributed by atoms with Crippen LogP contribution in [0.25, 0.3) is 43.8 Å². The van der Waals surface area contributed by atoms with Crippen LogP contribution in [0.4, 0.5) is 0 Å². The molecule has 6 aromatic rings. The predicted molar refractivity (Wildman–Crippen MR) is 149 cm³/mol. The summed E-state index contributed by atoms with van der Waals surface area (Å²) in [6, 6.07) is 43.6. The van der Waals surface area contributed by atoms with Gasteiger partial charge in [-0.2, -0.15) is 24.3 Å². The Hall–Kier alpha value is -2.44. The molecule has 0 saturated carbocycles. The summed E-state index contributed by atoms with van der Waals surface area (Å²) in [7, 11) is 0. The van der Waals surface area contributed by atoms with E-state index < -0.39 is 0 Å². The van der Waals surface area contributed by atoms with Crippen molar-refractivity contribution in [3.8, 4) is 22.3 Å². The van der Waals surface area contributed by atoms with Gasteiger partial charge in [0.2, 0.25) is 0 Å². The van der Waals surface area contributed by atoms with E-state index >= 15 is 0 Å². The van der Waals surface area contributed by atoms with E-state index in [0.717, 1.165) is 12.8 Å². The molecule has 0 amide bonds. The van der Waals surface area contributed by atoms with Gasteiger partial charge in [-0.15, -0.1) is 47.5 Å². The first kappa shape index (κ1) is 30.8. The van der Waals surface area contributed by atoms with Crippen molar-refractivity contribution < 1.29 is 51.0 Å². The van der Waals surface area contributed by atoms with Crippen LogP contribution in [0.15, 0.2) is 121 Å². The maximum Gasteiger partial charge on any atom is 4.00 e. The Morgan fingerprint density at radius 1 is 0.486 bits per heavy atom. The Bertz CT molecular complexity index is 1400. The van der Waals surface area contributed by atoms with Gasteiger partial charge in [0, 0.05) is 0 Å². The van der Waals surface area contributed by atoms with Gasteiger partial charge in [0.05, 0.1) is 0 Å². The first-order valence-corrected chi connectivity index (χ1v) is 12.2. The molecule has 0 heterocycles. The Labute approximate surface area is 252 Å². The molecule has 0 unspecified atom stereocenters. The maximum absolute atomic E-state index is 2.32. The average molecular weight is 601 g/mol. The van der Waals surface area contributed by atoms with Crippen molar-refractivity contribution in [3.05, 3.63) is 132 Å². The van der Waals surface area contributed by atoms with Crippen molar-refractivity contribution in [1.29, 1.82) is 0 Å². The summed E-state index contributed by atoms with van der Waals surface area (Å²) in [6.45, 7) is 4.41. The van der Waals surface area contributed by atoms with E-state index in [4.69, 9.17) is 0 Å². The molecule has 6 rings (SSSR count). The van der Waals surface area contributed by atoms with Crippen molar-refractivity contribution in [3.63, 3.8) is 0 Å². The van der Waals surface area contributed by atoms with Gasteiger partial charge in [-0.05, 0) is 12.8 Å². The molecule has 6 aromatic carbocycles. The van der Waals surface area contributed by atoms with E-state index in [2.05, 4.69) is 135 Å². The molecule has 0 aliphatic rings. The summed E-state index contributed by atoms with van der Waals surface area (Å²) in [5.74, 6) is 0. The van der Waals surface area contributed by atoms with Crippen molar-refractivity contribution in [2.45, 2.75) is 26.7 Å². The number of halogens is 2. The minimum atomic E-state index is 0. The van der Waals surface area contributed by atoms with Gasteiger partial charge in [-0.3, -0.25) is 0 Å². The zero-order valence-corrected chi connectivity index (χ0v) is 25.2. The fourth-order valence-corrected chi connectivity index (χ4v) is 4.74. The van der Waals surface area contributed by atoms with Gasteiger partial charge < -0.3 is 24.8 Å². The van der Waals surface area contributed by atoms with Crippen LogP contribution in [0.5, 0.6) is 0 Å². The van der Waals surface area contributed by atoms with Crippen LogP contribution in [0.1, 0.15) is 25.0 Å². The summed E-state index contributed by atoms with van der Waals surface area (Å²) in [5.41, 5.74) is 8.14. The molecule has 0 radical (unpaired) electrons. The summed E-state index contributed by atoms with van der Waals surface area (Å²) in [4.78, 5) is 0. The number of hydrogen-bond acceptors (Lipinski definition) is 0. The van der Waals surface area contributed by atoms with Crippen molar-refractivity contribution >= 4 is 21.5 Å². The second kappa shape index (κ2) is 14.5. The molecule has 0 N–H and O–H groups in total. The molecular formula is C34H30Cl2Zr. The van der Waals surface area contributed by atoms with E-state index in [1.165, 1.54) is 54.9 Å². The largest absolute Gasteiger partial charge is 4.00 e. The van der Waals surface area contributed by atoms with E-state index in [1.54, 1.807) is 0 Å². The zero-order chi connectivity index (χ0) is 23.3. The zero-order valence-electron chi connectivity index (χ0n) is 21.2. The number of fused-ring (bicyclic) bond motifs is 2. The quantitative estimate of drug-likeness (QED) is 0.272. The second-order valence-electron chi connectivity index (χ2n) is 8.78. The van der Waals surface area contributed by atoms with Crippen molar-refractivity contribution in [2.24, 2.45) is 0 Å². The summed E-state index contributed by atoms with van der Waals surface area (Å²) >= 11 is 0. The number of aryl methyl sites for hydroxylation is 2. The second-order valence-corrected chi connectivity index (χ2v) is 8.78. The van der Waals surface area contributed by atoms with Crippen LogP contribution in [0.3, 0.4) is 0 Å². The molecular weight excluding hydrogens is 571 g/mol. The molecule has 0 nitrogen and oxygen atoms in total. The Balaban J connectivity index is 0.000000241. The third kappa shape index (κ3) is 6.91.